The van der Waals surface area contributed by atoms with Gasteiger partial charge in [-0.3, -0.25) is 24.4 Å². The Morgan fingerprint density at radius 2 is 1.44 bits per heavy atom. The molecular formula is C43H56N4O5. The molecule has 0 saturated heterocycles. The molecule has 5 heterocycles. The molecule has 0 aromatic carbocycles. The van der Waals surface area contributed by atoms with E-state index in [2.05, 4.69) is 36.8 Å². The van der Waals surface area contributed by atoms with Gasteiger partial charge in [0.1, 0.15) is 0 Å². The van der Waals surface area contributed by atoms with Gasteiger partial charge in [-0.15, -0.1) is 0 Å². The lowest BCUT2D eigenvalue weighted by Gasteiger charge is -2.17. The number of hydrogen-bond donors (Lipinski definition) is 3. The number of aliphatic hydroxyl groups excluding tert-OH is 1. The molecule has 0 unspecified atom stereocenters. The number of hydrogen-bond acceptors (Lipinski definition) is 7. The van der Waals surface area contributed by atoms with E-state index in [9.17, 15) is 14.4 Å². The minimum atomic E-state index is -0.202. The van der Waals surface area contributed by atoms with E-state index in [1.54, 1.807) is 6.92 Å². The van der Waals surface area contributed by atoms with Crippen LogP contribution in [-0.2, 0) is 16.0 Å². The fourth-order valence-electron chi connectivity index (χ4n) is 8.75. The molecule has 3 aliphatic rings. The maximum Gasteiger partial charge on any atom is 0.305 e. The molecular weight excluding hydrogens is 652 g/mol. The summed E-state index contributed by atoms with van der Waals surface area (Å²) in [5.41, 5.74) is 11.0. The zero-order valence-corrected chi connectivity index (χ0v) is 31.9. The first-order valence-electron chi connectivity index (χ1n) is 19.6. The highest BCUT2D eigenvalue weighted by Crippen LogP contribution is 2.45. The predicted molar refractivity (Wildman–Crippen MR) is 205 cm³/mol. The summed E-state index contributed by atoms with van der Waals surface area (Å²) in [6.45, 7) is 12.8. The molecule has 3 N–H and O–H groups in total. The third-order valence-electron chi connectivity index (χ3n) is 11.9. The number of nitrogens with one attached hydrogen (secondary N) is 2. The van der Waals surface area contributed by atoms with Crippen LogP contribution < -0.4 is 0 Å². The Morgan fingerprint density at radius 1 is 0.827 bits per heavy atom. The molecule has 1 aliphatic carbocycles. The fourth-order valence-corrected chi connectivity index (χ4v) is 8.75. The van der Waals surface area contributed by atoms with E-state index >= 15 is 0 Å². The van der Waals surface area contributed by atoms with Crippen LogP contribution in [-0.4, -0.2) is 55.8 Å². The second-order valence-corrected chi connectivity index (χ2v) is 15.3. The average Bonchev–Trinajstić information content (AvgIpc) is 3.86. The van der Waals surface area contributed by atoms with E-state index in [1.165, 1.54) is 12.8 Å². The zero-order chi connectivity index (χ0) is 37.1. The molecule has 9 nitrogen and oxygen atoms in total. The van der Waals surface area contributed by atoms with Crippen molar-refractivity contribution in [1.82, 2.24) is 19.9 Å². The maximum atomic E-state index is 13.7. The number of aliphatic hydroxyl groups is 1. The number of carbonyl (C=O) groups excluding carboxylic acids is 3. The van der Waals surface area contributed by atoms with Crippen LogP contribution in [0.15, 0.2) is 18.2 Å². The van der Waals surface area contributed by atoms with E-state index in [-0.39, 0.29) is 60.7 Å². The number of carbonyl (C=O) groups is 3. The molecule has 3 aromatic heterocycles. The van der Waals surface area contributed by atoms with Gasteiger partial charge in [-0.05, 0) is 75.8 Å². The number of aromatic amines is 2. The van der Waals surface area contributed by atoms with Gasteiger partial charge in [-0.2, -0.15) is 0 Å². The topological polar surface area (TPSA) is 138 Å². The van der Waals surface area contributed by atoms with Gasteiger partial charge < -0.3 is 19.8 Å². The lowest BCUT2D eigenvalue weighted by Crippen LogP contribution is -2.11. The summed E-state index contributed by atoms with van der Waals surface area (Å²) in [6, 6.07) is 6.18. The molecule has 0 amide bonds. The largest absolute Gasteiger partial charge is 0.466 e. The van der Waals surface area contributed by atoms with Crippen molar-refractivity contribution in [3.05, 3.63) is 68.8 Å². The number of esters is 1. The van der Waals surface area contributed by atoms with E-state index in [0.717, 1.165) is 112 Å². The average molecular weight is 709 g/mol. The summed E-state index contributed by atoms with van der Waals surface area (Å²) in [4.78, 5) is 57.3. The second-order valence-electron chi connectivity index (χ2n) is 15.3. The summed E-state index contributed by atoms with van der Waals surface area (Å²) in [7, 11) is 0. The van der Waals surface area contributed by atoms with Gasteiger partial charge in [0.05, 0.1) is 23.3 Å². The highest BCUT2D eigenvalue weighted by molar-refractivity contribution is 6.13. The van der Waals surface area contributed by atoms with Crippen molar-refractivity contribution >= 4 is 39.6 Å². The van der Waals surface area contributed by atoms with Gasteiger partial charge in [0.25, 0.3) is 0 Å². The van der Waals surface area contributed by atoms with Crippen molar-refractivity contribution < 1.29 is 24.2 Å². The number of aryl methyl sites for hydroxylation is 2. The van der Waals surface area contributed by atoms with Crippen LogP contribution in [0.5, 0.6) is 0 Å². The summed E-state index contributed by atoms with van der Waals surface area (Å²) < 4.78 is 5.68. The van der Waals surface area contributed by atoms with Gasteiger partial charge >= 0.3 is 5.97 Å². The Kier molecular flexibility index (Phi) is 11.8. The first-order chi connectivity index (χ1) is 25.0. The quantitative estimate of drug-likeness (QED) is 0.0812. The van der Waals surface area contributed by atoms with Gasteiger partial charge in [0, 0.05) is 87.9 Å². The summed E-state index contributed by atoms with van der Waals surface area (Å²) >= 11 is 0. The number of aromatic nitrogens is 4. The minimum absolute atomic E-state index is 0.00676. The van der Waals surface area contributed by atoms with Gasteiger partial charge in [0.15, 0.2) is 11.6 Å². The number of H-pyrrole nitrogens is 2. The highest BCUT2D eigenvalue weighted by atomic mass is 16.5. The summed E-state index contributed by atoms with van der Waals surface area (Å²) in [5.74, 6) is 0.132. The van der Waals surface area contributed by atoms with E-state index < -0.39 is 0 Å². The number of unbranched alkanes of at least 4 members (excludes halogenated alkanes) is 7. The molecule has 0 saturated carbocycles. The molecule has 278 valence electrons. The Labute approximate surface area is 307 Å². The smallest absolute Gasteiger partial charge is 0.305 e. The Morgan fingerprint density at radius 3 is 2.13 bits per heavy atom. The normalized spacial score (nSPS) is 19.4. The zero-order valence-electron chi connectivity index (χ0n) is 31.9. The Hall–Kier alpha value is -4.11. The van der Waals surface area contributed by atoms with Crippen LogP contribution in [0.1, 0.15) is 182 Å². The van der Waals surface area contributed by atoms with Crippen molar-refractivity contribution in [3.63, 3.8) is 0 Å². The van der Waals surface area contributed by atoms with Crippen LogP contribution in [0.4, 0.5) is 0 Å². The third-order valence-corrected chi connectivity index (χ3v) is 11.9. The molecule has 6 rings (SSSR count). The number of rotatable bonds is 15. The first-order valence-corrected chi connectivity index (χ1v) is 19.6. The Bertz CT molecular complexity index is 2010. The van der Waals surface area contributed by atoms with Crippen molar-refractivity contribution in [1.29, 1.82) is 0 Å². The standard InChI is InChI=1S/C43H56N4O5/c1-7-29-24(2)32-23-37-40(28(6)49)26(4)34(45-37)21-33-25(3)30(16-17-39(51)52-19-15-13-11-9-8-10-12-14-18-48)42(46-33)31-20-38(50)41-27(5)35(47-43(31)41)22-36(29)44-32/h21-25,29-30,45,47-48H,7-20H2,1-6H3/t24-,25+,29-,30+/m1/s1. The highest BCUT2D eigenvalue weighted by Gasteiger charge is 2.36. The van der Waals surface area contributed by atoms with Crippen molar-refractivity contribution in [2.75, 3.05) is 13.2 Å². The lowest BCUT2D eigenvalue weighted by molar-refractivity contribution is -0.144. The monoisotopic (exact) mass is 708 g/mol. The van der Waals surface area contributed by atoms with Gasteiger partial charge in [-0.25, -0.2) is 0 Å². The molecule has 0 spiro atoms. The van der Waals surface area contributed by atoms with Crippen LogP contribution in [0.3, 0.4) is 0 Å². The molecule has 0 radical (unpaired) electrons. The van der Waals surface area contributed by atoms with Crippen molar-refractivity contribution in [2.45, 2.75) is 142 Å². The van der Waals surface area contributed by atoms with E-state index in [4.69, 9.17) is 19.8 Å². The van der Waals surface area contributed by atoms with Crippen LogP contribution in [0.2, 0.25) is 0 Å². The number of ether oxygens (including phenoxy) is 1. The van der Waals surface area contributed by atoms with Crippen LogP contribution >= 0.6 is 0 Å². The molecule has 3 aromatic rings. The molecule has 4 atom stereocenters. The van der Waals surface area contributed by atoms with Crippen molar-refractivity contribution in [2.24, 2.45) is 0 Å². The second kappa shape index (κ2) is 16.3. The summed E-state index contributed by atoms with van der Waals surface area (Å²) in [6.07, 6.45) is 10.5. The molecule has 8 bridgehead atoms. The van der Waals surface area contributed by atoms with E-state index in [1.807, 2.05) is 26.0 Å². The third kappa shape index (κ3) is 7.52. The maximum absolute atomic E-state index is 13.7. The lowest BCUT2D eigenvalue weighted by atomic mass is 9.85. The first kappa shape index (κ1) is 37.6. The molecule has 9 heteroatoms. The number of nitrogens with zero attached hydrogens (tertiary/aromatic N) is 2. The Balaban J connectivity index is 1.34. The molecule has 2 aliphatic heterocycles. The summed E-state index contributed by atoms with van der Waals surface area (Å²) in [5, 5.41) is 8.92. The van der Waals surface area contributed by atoms with Crippen LogP contribution in [0.25, 0.3) is 22.1 Å². The minimum Gasteiger partial charge on any atom is -0.466 e. The number of Topliss-reactive ketones (excluding diaryl/α,β-unsaturated/α-hetero) is 2. The predicted octanol–water partition coefficient (Wildman–Crippen LogP) is 9.49. The number of fused-ring (bicyclic) bond motifs is 8. The van der Waals surface area contributed by atoms with Gasteiger partial charge in [0.2, 0.25) is 0 Å². The van der Waals surface area contributed by atoms with E-state index in [0.29, 0.717) is 18.6 Å². The van der Waals surface area contributed by atoms with Gasteiger partial charge in [-0.1, -0.05) is 59.3 Å². The number of ketones is 2. The molecule has 52 heavy (non-hydrogen) atoms. The van der Waals surface area contributed by atoms with Crippen LogP contribution in [0, 0.1) is 13.8 Å². The molecule has 0 fully saturated rings. The fraction of sp³-hybridized carbons (Fsp3) is 0.558. The van der Waals surface area contributed by atoms with Crippen molar-refractivity contribution in [3.8, 4) is 0 Å². The SMILES string of the molecule is CC[C@H]1c2cc3[nH]c4c(c5nc(cc6[nH]c(cc(n2)[C@@H]1C)c(C(C)=O)c6C)[C@@H](C)[C@@H]5CCC(=O)OCCCCCCCCCCO)CC(=O)c4c3C.